The number of benzene rings is 1. The van der Waals surface area contributed by atoms with Gasteiger partial charge in [-0.25, -0.2) is 8.42 Å². The molecule has 3 rings (SSSR count). The largest absolute Gasteiger partial charge is 0.507 e. The summed E-state index contributed by atoms with van der Waals surface area (Å²) in [6.45, 7) is 2.36. The number of hydrogen-bond donors (Lipinski definition) is 1. The van der Waals surface area contributed by atoms with E-state index in [9.17, 15) is 13.5 Å². The summed E-state index contributed by atoms with van der Waals surface area (Å²) in [4.78, 5) is 2.86. The van der Waals surface area contributed by atoms with Crippen LogP contribution in [0.2, 0.25) is 0 Å². The molecule has 1 fully saturated rings. The van der Waals surface area contributed by atoms with Gasteiger partial charge >= 0.3 is 0 Å². The quantitative estimate of drug-likeness (QED) is 0.909. The predicted octanol–water partition coefficient (Wildman–Crippen LogP) is 2.40. The Morgan fingerprint density at radius 3 is 2.45 bits per heavy atom. The summed E-state index contributed by atoms with van der Waals surface area (Å²) in [7, 11) is -3.42. The van der Waals surface area contributed by atoms with E-state index >= 15 is 0 Å². The molecule has 5 heteroatoms. The Morgan fingerprint density at radius 1 is 1.10 bits per heavy atom. The Kier molecular flexibility index (Phi) is 3.56. The summed E-state index contributed by atoms with van der Waals surface area (Å²) < 4.78 is 25.0. The first kappa shape index (κ1) is 13.6. The molecule has 1 saturated heterocycles. The third-order valence-corrected chi connectivity index (χ3v) is 5.93. The zero-order valence-corrected chi connectivity index (χ0v) is 12.2. The SMILES string of the molecule is O=S1(=O)C(CN2CCCCCC2)=Cc2c(O)cccc21. The van der Waals surface area contributed by atoms with Crippen LogP contribution in [-0.2, 0) is 9.84 Å². The molecule has 2 aliphatic heterocycles. The van der Waals surface area contributed by atoms with Crippen molar-refractivity contribution < 1.29 is 13.5 Å². The van der Waals surface area contributed by atoms with Crippen molar-refractivity contribution in [3.8, 4) is 5.75 Å². The van der Waals surface area contributed by atoms with Gasteiger partial charge in [0.2, 0.25) is 9.84 Å². The zero-order valence-electron chi connectivity index (χ0n) is 11.4. The first-order valence-electron chi connectivity index (χ1n) is 7.09. The van der Waals surface area contributed by atoms with Crippen LogP contribution in [0.5, 0.6) is 5.75 Å². The predicted molar refractivity (Wildman–Crippen MR) is 78.2 cm³/mol. The molecule has 0 saturated carbocycles. The molecule has 1 aromatic carbocycles. The Hall–Kier alpha value is -1.33. The number of aromatic hydroxyl groups is 1. The van der Waals surface area contributed by atoms with Gasteiger partial charge in [-0.05, 0) is 44.1 Å². The lowest BCUT2D eigenvalue weighted by molar-refractivity contribution is 0.313. The van der Waals surface area contributed by atoms with Gasteiger partial charge < -0.3 is 5.11 Å². The highest BCUT2D eigenvalue weighted by molar-refractivity contribution is 7.95. The molecule has 2 aliphatic rings. The van der Waals surface area contributed by atoms with E-state index in [-0.39, 0.29) is 10.6 Å². The highest BCUT2D eigenvalue weighted by Crippen LogP contribution is 2.37. The minimum absolute atomic E-state index is 0.0388. The maximum Gasteiger partial charge on any atom is 0.204 e. The van der Waals surface area contributed by atoms with Crippen LogP contribution in [0.3, 0.4) is 0 Å². The minimum Gasteiger partial charge on any atom is -0.507 e. The van der Waals surface area contributed by atoms with Gasteiger partial charge in [0.25, 0.3) is 0 Å². The van der Waals surface area contributed by atoms with Gasteiger partial charge in [-0.3, -0.25) is 4.90 Å². The highest BCUT2D eigenvalue weighted by atomic mass is 32.2. The van der Waals surface area contributed by atoms with Crippen LogP contribution in [-0.4, -0.2) is 38.1 Å². The topological polar surface area (TPSA) is 57.6 Å². The maximum absolute atomic E-state index is 12.5. The van der Waals surface area contributed by atoms with Gasteiger partial charge in [-0.2, -0.15) is 0 Å². The second-order valence-corrected chi connectivity index (χ2v) is 7.46. The third-order valence-electron chi connectivity index (χ3n) is 4.06. The number of phenols is 1. The lowest BCUT2D eigenvalue weighted by atomic mass is 10.2. The Balaban J connectivity index is 1.88. The number of hydrogen-bond acceptors (Lipinski definition) is 4. The average molecular weight is 293 g/mol. The Morgan fingerprint density at radius 2 is 1.80 bits per heavy atom. The number of fused-ring (bicyclic) bond motifs is 1. The Bertz CT molecular complexity index is 641. The van der Waals surface area contributed by atoms with Gasteiger partial charge in [0.1, 0.15) is 5.75 Å². The van der Waals surface area contributed by atoms with Crippen molar-refractivity contribution in [3.05, 3.63) is 28.7 Å². The fourth-order valence-corrected chi connectivity index (χ4v) is 4.56. The second kappa shape index (κ2) is 5.22. The monoisotopic (exact) mass is 293 g/mol. The first-order valence-corrected chi connectivity index (χ1v) is 8.57. The van der Waals surface area contributed by atoms with E-state index in [0.717, 1.165) is 25.9 Å². The van der Waals surface area contributed by atoms with Gasteiger partial charge in [-0.1, -0.05) is 18.9 Å². The van der Waals surface area contributed by atoms with Gasteiger partial charge in [0.05, 0.1) is 9.80 Å². The van der Waals surface area contributed by atoms with Crippen LogP contribution in [0.15, 0.2) is 28.0 Å². The van der Waals surface area contributed by atoms with Crippen LogP contribution >= 0.6 is 0 Å². The summed E-state index contributed by atoms with van der Waals surface area (Å²) in [5, 5.41) is 9.81. The molecule has 20 heavy (non-hydrogen) atoms. The summed E-state index contributed by atoms with van der Waals surface area (Å²) in [5.41, 5.74) is 0.442. The molecule has 0 amide bonds. The van der Waals surface area contributed by atoms with E-state index in [1.165, 1.54) is 18.9 Å². The number of likely N-dealkylation sites (tertiary alicyclic amines) is 1. The van der Waals surface area contributed by atoms with Gasteiger partial charge in [-0.15, -0.1) is 0 Å². The van der Waals surface area contributed by atoms with E-state index in [1.54, 1.807) is 18.2 Å². The van der Waals surface area contributed by atoms with E-state index in [4.69, 9.17) is 0 Å². The van der Waals surface area contributed by atoms with Gasteiger partial charge in [0.15, 0.2) is 0 Å². The van der Waals surface area contributed by atoms with Crippen LogP contribution in [0.4, 0.5) is 0 Å². The zero-order chi connectivity index (χ0) is 14.2. The first-order chi connectivity index (χ1) is 9.59. The summed E-state index contributed by atoms with van der Waals surface area (Å²) in [6, 6.07) is 4.67. The lowest BCUT2D eigenvalue weighted by Crippen LogP contribution is -2.28. The van der Waals surface area contributed by atoms with Crippen molar-refractivity contribution in [1.82, 2.24) is 4.90 Å². The molecule has 4 nitrogen and oxygen atoms in total. The molecule has 0 aromatic heterocycles. The van der Waals surface area contributed by atoms with Crippen LogP contribution in [0.1, 0.15) is 31.2 Å². The van der Waals surface area contributed by atoms with E-state index in [0.29, 0.717) is 17.0 Å². The lowest BCUT2D eigenvalue weighted by Gasteiger charge is -2.19. The molecule has 0 unspecified atom stereocenters. The number of nitrogens with zero attached hydrogens (tertiary/aromatic N) is 1. The molecular weight excluding hydrogens is 274 g/mol. The summed E-state index contributed by atoms with van der Waals surface area (Å²) in [6.07, 6.45) is 6.34. The molecule has 1 N–H and O–H groups in total. The average Bonchev–Trinajstić information content (AvgIpc) is 2.60. The number of sulfone groups is 1. The van der Waals surface area contributed by atoms with Crippen molar-refractivity contribution in [1.29, 1.82) is 0 Å². The molecular formula is C15H19NO3S. The van der Waals surface area contributed by atoms with Crippen LogP contribution < -0.4 is 0 Å². The third kappa shape index (κ3) is 2.36. The highest BCUT2D eigenvalue weighted by Gasteiger charge is 2.32. The van der Waals surface area contributed by atoms with Crippen molar-refractivity contribution >= 4 is 15.9 Å². The normalized spacial score (nSPS) is 22.1. The molecule has 0 aliphatic carbocycles. The Labute approximate surface area is 119 Å². The van der Waals surface area contributed by atoms with Crippen molar-refractivity contribution in [2.45, 2.75) is 30.6 Å². The summed E-state index contributed by atoms with van der Waals surface area (Å²) >= 11 is 0. The fraction of sp³-hybridized carbons (Fsp3) is 0.467. The standard InChI is InChI=1S/C15H19NO3S/c17-14-6-5-7-15-13(14)10-12(20(15,18)19)11-16-8-3-1-2-4-9-16/h5-7,10,17H,1-4,8-9,11H2. The molecule has 0 radical (unpaired) electrons. The molecule has 108 valence electrons. The molecule has 2 heterocycles. The summed E-state index contributed by atoms with van der Waals surface area (Å²) in [5.74, 6) is 0.0388. The van der Waals surface area contributed by atoms with Gasteiger partial charge in [0, 0.05) is 12.1 Å². The number of rotatable bonds is 2. The van der Waals surface area contributed by atoms with Crippen molar-refractivity contribution in [2.24, 2.45) is 0 Å². The molecule has 0 spiro atoms. The smallest absolute Gasteiger partial charge is 0.204 e. The molecule has 1 aromatic rings. The van der Waals surface area contributed by atoms with Crippen LogP contribution in [0.25, 0.3) is 6.08 Å². The molecule has 0 atom stereocenters. The van der Waals surface area contributed by atoms with Crippen molar-refractivity contribution in [3.63, 3.8) is 0 Å². The van der Waals surface area contributed by atoms with E-state index in [1.807, 2.05) is 0 Å². The maximum atomic E-state index is 12.5. The molecule has 0 bridgehead atoms. The fourth-order valence-electron chi connectivity index (χ4n) is 2.94. The second-order valence-electron chi connectivity index (χ2n) is 5.49. The minimum atomic E-state index is -3.42. The van der Waals surface area contributed by atoms with E-state index in [2.05, 4.69) is 4.90 Å². The van der Waals surface area contributed by atoms with E-state index < -0.39 is 9.84 Å². The number of phenolic OH excluding ortho intramolecular Hbond substituents is 1. The van der Waals surface area contributed by atoms with Crippen LogP contribution in [0, 0.1) is 0 Å². The van der Waals surface area contributed by atoms with Crippen molar-refractivity contribution in [2.75, 3.05) is 19.6 Å².